The van der Waals surface area contributed by atoms with Crippen LogP contribution >= 0.6 is 0 Å². The number of nitrogens with zero attached hydrogens (tertiary/aromatic N) is 2. The van der Waals surface area contributed by atoms with Gasteiger partial charge in [-0.25, -0.2) is 4.79 Å². The molecule has 0 amide bonds. The molecule has 6 heteroatoms. The number of fused-ring (bicyclic) bond motifs is 1. The third-order valence-corrected chi connectivity index (χ3v) is 3.87. The molecule has 0 saturated carbocycles. The van der Waals surface area contributed by atoms with Crippen molar-refractivity contribution in [2.75, 3.05) is 34.8 Å². The predicted octanol–water partition coefficient (Wildman–Crippen LogP) is 2.48. The van der Waals surface area contributed by atoms with Gasteiger partial charge in [-0.1, -0.05) is 0 Å². The molecule has 0 aliphatic heterocycles. The largest absolute Gasteiger partial charge is 0.507 e. The monoisotopic (exact) mass is 333 g/mol. The summed E-state index contributed by atoms with van der Waals surface area (Å²) in [5.74, 6) is -0.115. The van der Waals surface area contributed by atoms with Crippen molar-refractivity contribution in [2.24, 2.45) is 0 Å². The number of ether oxygens (including phenoxy) is 1. The second-order valence-corrected chi connectivity index (χ2v) is 6.61. The summed E-state index contributed by atoms with van der Waals surface area (Å²) >= 11 is 0. The van der Waals surface area contributed by atoms with Gasteiger partial charge in [0.1, 0.15) is 5.75 Å². The third kappa shape index (κ3) is 3.55. The normalized spacial score (nSPS) is 11.7. The molecule has 2 rings (SSSR count). The molecule has 0 aliphatic carbocycles. The average molecular weight is 333 g/mol. The Labute approximate surface area is 143 Å². The Balaban J connectivity index is 2.75. The van der Waals surface area contributed by atoms with E-state index < -0.39 is 0 Å². The van der Waals surface area contributed by atoms with Crippen LogP contribution in [-0.2, 0) is 17.8 Å². The van der Waals surface area contributed by atoms with Crippen molar-refractivity contribution < 1.29 is 14.6 Å². The Morgan fingerprint density at radius 2 is 1.83 bits per heavy atom. The van der Waals surface area contributed by atoms with E-state index in [4.69, 9.17) is 4.74 Å². The number of rotatable bonds is 6. The van der Waals surface area contributed by atoms with Gasteiger partial charge in [0.25, 0.3) is 0 Å². The number of nitrogens with one attached hydrogen (secondary N) is 1. The van der Waals surface area contributed by atoms with E-state index in [-0.39, 0.29) is 11.7 Å². The molecule has 1 heterocycles. The molecule has 0 spiro atoms. The fraction of sp³-hybridized carbons (Fsp3) is 0.500. The number of phenolic OH excluding ortho intramolecular Hbond substituents is 1. The maximum absolute atomic E-state index is 12.4. The number of benzene rings is 1. The Kier molecular flexibility index (Phi) is 5.51. The molecule has 0 fully saturated rings. The van der Waals surface area contributed by atoms with Gasteiger partial charge >= 0.3 is 5.97 Å². The van der Waals surface area contributed by atoms with Crippen LogP contribution in [0.5, 0.6) is 5.75 Å². The maximum Gasteiger partial charge on any atom is 0.340 e. The maximum atomic E-state index is 12.4. The van der Waals surface area contributed by atoms with E-state index >= 15 is 0 Å². The highest BCUT2D eigenvalue weighted by atomic mass is 16.5. The van der Waals surface area contributed by atoms with Crippen molar-refractivity contribution in [1.29, 1.82) is 0 Å². The van der Waals surface area contributed by atoms with Crippen molar-refractivity contribution >= 4 is 16.9 Å². The van der Waals surface area contributed by atoms with E-state index in [2.05, 4.69) is 4.98 Å². The highest BCUT2D eigenvalue weighted by molar-refractivity contribution is 6.07. The first-order chi connectivity index (χ1) is 11.3. The topological polar surface area (TPSA) is 68.8 Å². The lowest BCUT2D eigenvalue weighted by Gasteiger charge is -2.18. The first-order valence-electron chi connectivity index (χ1n) is 8.08. The number of carbonyl (C=O) groups excluding carboxylic acids is 1. The van der Waals surface area contributed by atoms with Crippen LogP contribution in [0.15, 0.2) is 6.07 Å². The van der Waals surface area contributed by atoms with Crippen molar-refractivity contribution in [3.63, 3.8) is 0 Å². The summed E-state index contributed by atoms with van der Waals surface area (Å²) < 4.78 is 5.21. The van der Waals surface area contributed by atoms with Crippen LogP contribution < -0.4 is 0 Å². The van der Waals surface area contributed by atoms with Gasteiger partial charge in [0, 0.05) is 40.8 Å². The summed E-state index contributed by atoms with van der Waals surface area (Å²) in [7, 11) is 7.79. The Hall–Kier alpha value is -2.05. The van der Waals surface area contributed by atoms with E-state index in [0.717, 1.165) is 27.7 Å². The van der Waals surface area contributed by atoms with E-state index in [1.54, 1.807) is 6.92 Å². The number of H-pyrrole nitrogens is 1. The number of hydrogen-bond donors (Lipinski definition) is 2. The van der Waals surface area contributed by atoms with Crippen molar-refractivity contribution in [1.82, 2.24) is 14.8 Å². The number of aromatic hydroxyl groups is 1. The number of esters is 1. The molecule has 1 aromatic carbocycles. The SMILES string of the molecule is CCOC(=O)c1c(C)[nH]c2cc(CN(C)C)c(O)c(CN(C)C)c12. The highest BCUT2D eigenvalue weighted by Gasteiger charge is 2.24. The molecule has 0 aliphatic rings. The first-order valence-corrected chi connectivity index (χ1v) is 8.08. The van der Waals surface area contributed by atoms with E-state index in [1.165, 1.54) is 0 Å². The number of aryl methyl sites for hydroxylation is 1. The lowest BCUT2D eigenvalue weighted by molar-refractivity contribution is 0.0528. The van der Waals surface area contributed by atoms with Crippen molar-refractivity contribution in [2.45, 2.75) is 26.9 Å². The average Bonchev–Trinajstić information content (AvgIpc) is 2.78. The van der Waals surface area contributed by atoms with E-state index in [0.29, 0.717) is 25.3 Å². The lowest BCUT2D eigenvalue weighted by Crippen LogP contribution is -2.15. The molecular weight excluding hydrogens is 306 g/mol. The summed E-state index contributed by atoms with van der Waals surface area (Å²) in [6.45, 7) is 5.12. The van der Waals surface area contributed by atoms with Crippen LogP contribution in [0.2, 0.25) is 0 Å². The Morgan fingerprint density at radius 3 is 2.38 bits per heavy atom. The van der Waals surface area contributed by atoms with Gasteiger partial charge < -0.3 is 24.6 Å². The van der Waals surface area contributed by atoms with Gasteiger partial charge in [0.2, 0.25) is 0 Å². The predicted molar refractivity (Wildman–Crippen MR) is 95.4 cm³/mol. The summed E-state index contributed by atoms with van der Waals surface area (Å²) in [5.41, 5.74) is 3.70. The molecule has 2 aromatic rings. The standard InChI is InChI=1S/C18H27N3O3/c1-7-24-18(23)15-11(2)19-14-8-12(9-20(3)4)17(22)13(16(14)15)10-21(5)6/h8,19,22H,7,9-10H2,1-6H3. The molecule has 2 N–H and O–H groups in total. The van der Waals surface area contributed by atoms with Gasteiger partial charge in [0.15, 0.2) is 0 Å². The molecule has 132 valence electrons. The van der Waals surface area contributed by atoms with Crippen LogP contribution in [0.3, 0.4) is 0 Å². The zero-order valence-electron chi connectivity index (χ0n) is 15.4. The lowest BCUT2D eigenvalue weighted by atomic mass is 9.99. The van der Waals surface area contributed by atoms with Crippen LogP contribution in [0.1, 0.15) is 34.1 Å². The number of aromatic amines is 1. The van der Waals surface area contributed by atoms with Crippen LogP contribution in [0.4, 0.5) is 0 Å². The summed E-state index contributed by atoms with van der Waals surface area (Å²) in [6, 6.07) is 1.92. The first kappa shape index (κ1) is 18.3. The van der Waals surface area contributed by atoms with Crippen LogP contribution in [-0.4, -0.2) is 60.7 Å². The quantitative estimate of drug-likeness (QED) is 0.795. The number of phenols is 1. The minimum absolute atomic E-state index is 0.245. The van der Waals surface area contributed by atoms with Gasteiger partial charge in [-0.15, -0.1) is 0 Å². The number of hydrogen-bond acceptors (Lipinski definition) is 5. The second kappa shape index (κ2) is 7.23. The molecule has 0 atom stereocenters. The highest BCUT2D eigenvalue weighted by Crippen LogP contribution is 2.36. The van der Waals surface area contributed by atoms with Crippen LogP contribution in [0.25, 0.3) is 10.9 Å². The van der Waals surface area contributed by atoms with E-state index in [1.807, 2.05) is 51.0 Å². The minimum Gasteiger partial charge on any atom is -0.507 e. The summed E-state index contributed by atoms with van der Waals surface area (Å²) in [5, 5.41) is 11.6. The fourth-order valence-corrected chi connectivity index (χ4v) is 3.02. The van der Waals surface area contributed by atoms with Gasteiger partial charge in [0.05, 0.1) is 12.2 Å². The molecule has 24 heavy (non-hydrogen) atoms. The van der Waals surface area contributed by atoms with E-state index in [9.17, 15) is 9.90 Å². The molecular formula is C18H27N3O3. The number of carbonyl (C=O) groups is 1. The molecule has 1 aromatic heterocycles. The van der Waals surface area contributed by atoms with Crippen molar-refractivity contribution in [3.05, 3.63) is 28.5 Å². The molecule has 0 unspecified atom stereocenters. The van der Waals surface area contributed by atoms with Crippen molar-refractivity contribution in [3.8, 4) is 5.75 Å². The summed E-state index contributed by atoms with van der Waals surface area (Å²) in [6.07, 6.45) is 0. The minimum atomic E-state index is -0.360. The zero-order valence-corrected chi connectivity index (χ0v) is 15.4. The smallest absolute Gasteiger partial charge is 0.340 e. The molecule has 6 nitrogen and oxygen atoms in total. The third-order valence-electron chi connectivity index (χ3n) is 3.87. The Bertz CT molecular complexity index is 748. The van der Waals surface area contributed by atoms with Gasteiger partial charge in [-0.05, 0) is 48.1 Å². The number of aromatic nitrogens is 1. The molecule has 0 bridgehead atoms. The second-order valence-electron chi connectivity index (χ2n) is 6.61. The van der Waals surface area contributed by atoms with Gasteiger partial charge in [-0.3, -0.25) is 0 Å². The summed E-state index contributed by atoms with van der Waals surface area (Å²) in [4.78, 5) is 19.7. The van der Waals surface area contributed by atoms with Gasteiger partial charge in [-0.2, -0.15) is 0 Å². The fourth-order valence-electron chi connectivity index (χ4n) is 3.02. The van der Waals surface area contributed by atoms with Crippen LogP contribution in [0, 0.1) is 6.92 Å². The Morgan fingerprint density at radius 1 is 1.21 bits per heavy atom. The molecule has 0 radical (unpaired) electrons. The zero-order chi connectivity index (χ0) is 18.0. The molecule has 0 saturated heterocycles.